The summed E-state index contributed by atoms with van der Waals surface area (Å²) in [6.07, 6.45) is 0. The molecule has 4 rings (SSSR count). The molecule has 0 radical (unpaired) electrons. The number of fused-ring (bicyclic) bond motifs is 1. The monoisotopic (exact) mass is 321 g/mol. The number of hydrogen-bond acceptors (Lipinski definition) is 4. The summed E-state index contributed by atoms with van der Waals surface area (Å²) in [5.41, 5.74) is 6.39. The van der Waals surface area contributed by atoms with E-state index in [1.807, 2.05) is 41.8 Å². The summed E-state index contributed by atoms with van der Waals surface area (Å²) >= 11 is 1.60. The second-order valence-electron chi connectivity index (χ2n) is 5.03. The molecule has 1 N–H and O–H groups in total. The van der Waals surface area contributed by atoms with Gasteiger partial charge in [-0.25, -0.2) is 9.38 Å². The van der Waals surface area contributed by atoms with Gasteiger partial charge in [-0.15, -0.1) is 11.3 Å². The zero-order valence-corrected chi connectivity index (χ0v) is 12.8. The molecule has 0 spiro atoms. The molecule has 0 atom stereocenters. The maximum absolute atomic E-state index is 13.2. The van der Waals surface area contributed by atoms with E-state index in [1.54, 1.807) is 23.5 Å². The average molecular weight is 321 g/mol. The van der Waals surface area contributed by atoms with Gasteiger partial charge in [-0.05, 0) is 41.8 Å². The Hall–Kier alpha value is -2.79. The maximum atomic E-state index is 13.2. The number of amidine groups is 1. The summed E-state index contributed by atoms with van der Waals surface area (Å²) in [7, 11) is 0. The molecule has 0 saturated heterocycles. The van der Waals surface area contributed by atoms with Crippen molar-refractivity contribution in [2.75, 3.05) is 0 Å². The number of thiophene rings is 1. The van der Waals surface area contributed by atoms with E-state index in [0.29, 0.717) is 5.84 Å². The van der Waals surface area contributed by atoms with Crippen LogP contribution in [0, 0.1) is 5.82 Å². The Morgan fingerprint density at radius 2 is 1.74 bits per heavy atom. The second-order valence-corrected chi connectivity index (χ2v) is 5.98. The molecule has 0 bridgehead atoms. The van der Waals surface area contributed by atoms with E-state index in [1.165, 1.54) is 12.1 Å². The molecule has 2 aromatic carbocycles. The van der Waals surface area contributed by atoms with Crippen molar-refractivity contribution in [3.8, 4) is 0 Å². The van der Waals surface area contributed by atoms with Gasteiger partial charge in [-0.3, -0.25) is 5.43 Å². The molecule has 2 heterocycles. The molecule has 0 fully saturated rings. The fourth-order valence-corrected chi connectivity index (χ4v) is 3.10. The highest BCUT2D eigenvalue weighted by Crippen LogP contribution is 2.26. The first-order valence-corrected chi connectivity index (χ1v) is 8.01. The Morgan fingerprint density at radius 3 is 2.52 bits per heavy atom. The number of halogens is 1. The normalized spacial score (nSPS) is 13.4. The lowest BCUT2D eigenvalue weighted by atomic mass is 10.0. The molecule has 112 valence electrons. The van der Waals surface area contributed by atoms with E-state index in [2.05, 4.69) is 10.5 Å². The van der Waals surface area contributed by atoms with Crippen molar-refractivity contribution in [2.24, 2.45) is 10.1 Å². The topological polar surface area (TPSA) is 36.8 Å². The molecule has 0 amide bonds. The highest BCUT2D eigenvalue weighted by Gasteiger charge is 2.17. The van der Waals surface area contributed by atoms with Gasteiger partial charge in [-0.1, -0.05) is 24.3 Å². The lowest BCUT2D eigenvalue weighted by molar-refractivity contribution is 0.628. The lowest BCUT2D eigenvalue weighted by Crippen LogP contribution is -2.18. The summed E-state index contributed by atoms with van der Waals surface area (Å²) < 4.78 is 13.2. The molecule has 1 aromatic heterocycles. The Balaban J connectivity index is 1.85. The first kappa shape index (κ1) is 13.8. The van der Waals surface area contributed by atoms with Gasteiger partial charge in [0.25, 0.3) is 0 Å². The highest BCUT2D eigenvalue weighted by atomic mass is 32.1. The van der Waals surface area contributed by atoms with Gasteiger partial charge in [0, 0.05) is 11.1 Å². The van der Waals surface area contributed by atoms with Crippen LogP contribution in [0.1, 0.15) is 16.0 Å². The molecule has 5 heteroatoms. The summed E-state index contributed by atoms with van der Waals surface area (Å²) in [5, 5.41) is 6.52. The number of nitrogens with one attached hydrogen (secondary N) is 1. The summed E-state index contributed by atoms with van der Waals surface area (Å²) in [6.45, 7) is 0. The van der Waals surface area contributed by atoms with Crippen LogP contribution in [0.3, 0.4) is 0 Å². The highest BCUT2D eigenvalue weighted by molar-refractivity contribution is 7.12. The maximum Gasteiger partial charge on any atom is 0.164 e. The molecule has 3 aromatic rings. The summed E-state index contributed by atoms with van der Waals surface area (Å²) in [4.78, 5) is 5.72. The number of hydrogen-bond donors (Lipinski definition) is 1. The number of rotatable bonds is 2. The number of hydrazone groups is 1. The van der Waals surface area contributed by atoms with Crippen molar-refractivity contribution >= 4 is 28.6 Å². The molecule has 0 aliphatic carbocycles. The fraction of sp³-hybridized carbons (Fsp3) is 0. The quantitative estimate of drug-likeness (QED) is 0.750. The van der Waals surface area contributed by atoms with Crippen LogP contribution >= 0.6 is 11.3 Å². The van der Waals surface area contributed by atoms with E-state index >= 15 is 0 Å². The molecule has 1 aliphatic heterocycles. The standard InChI is InChI=1S/C18H12FN3S/c19-13-9-7-12(8-10-13)17-14-4-1-2-5-15(14)20-18(22-21-17)16-6-3-11-23-16/h1-11H,(H,20,22). The van der Waals surface area contributed by atoms with Crippen LogP contribution in [0.4, 0.5) is 10.1 Å². The molecule has 0 unspecified atom stereocenters. The number of aliphatic imine (C=N–C) groups is 1. The second kappa shape index (κ2) is 5.78. The Labute approximate surface area is 136 Å². The Bertz CT molecular complexity index is 896. The van der Waals surface area contributed by atoms with E-state index in [0.717, 1.165) is 27.4 Å². The van der Waals surface area contributed by atoms with Gasteiger partial charge in [0.05, 0.1) is 16.3 Å². The van der Waals surface area contributed by atoms with Crippen LogP contribution in [-0.4, -0.2) is 11.5 Å². The van der Waals surface area contributed by atoms with E-state index < -0.39 is 0 Å². The van der Waals surface area contributed by atoms with Gasteiger partial charge >= 0.3 is 0 Å². The third kappa shape index (κ3) is 2.66. The van der Waals surface area contributed by atoms with Crippen molar-refractivity contribution in [3.05, 3.63) is 87.9 Å². The van der Waals surface area contributed by atoms with Crippen molar-refractivity contribution in [1.82, 2.24) is 5.43 Å². The number of nitrogens with zero attached hydrogens (tertiary/aromatic N) is 2. The van der Waals surface area contributed by atoms with Gasteiger partial charge in [0.15, 0.2) is 5.84 Å². The van der Waals surface area contributed by atoms with E-state index in [9.17, 15) is 4.39 Å². The van der Waals surface area contributed by atoms with Crippen molar-refractivity contribution < 1.29 is 4.39 Å². The molecule has 23 heavy (non-hydrogen) atoms. The SMILES string of the molecule is Fc1ccc(C2=NNC(c3cccs3)=Nc3ccccc32)cc1. The van der Waals surface area contributed by atoms with Crippen LogP contribution in [0.15, 0.2) is 76.1 Å². The smallest absolute Gasteiger partial charge is 0.164 e. The van der Waals surface area contributed by atoms with Crippen molar-refractivity contribution in [2.45, 2.75) is 0 Å². The van der Waals surface area contributed by atoms with Gasteiger partial charge in [0.1, 0.15) is 5.82 Å². The first-order valence-electron chi connectivity index (χ1n) is 7.13. The van der Waals surface area contributed by atoms with Crippen LogP contribution in [-0.2, 0) is 0 Å². The van der Waals surface area contributed by atoms with Crippen LogP contribution in [0.5, 0.6) is 0 Å². The Kier molecular flexibility index (Phi) is 3.48. The van der Waals surface area contributed by atoms with Crippen LogP contribution in [0.2, 0.25) is 0 Å². The first-order chi connectivity index (χ1) is 11.3. The average Bonchev–Trinajstić information content (AvgIpc) is 3.04. The van der Waals surface area contributed by atoms with Crippen LogP contribution < -0.4 is 5.43 Å². The van der Waals surface area contributed by atoms with Crippen molar-refractivity contribution in [1.29, 1.82) is 0 Å². The lowest BCUT2D eigenvalue weighted by Gasteiger charge is -2.07. The molecule has 0 saturated carbocycles. The van der Waals surface area contributed by atoms with Gasteiger partial charge in [0.2, 0.25) is 0 Å². The number of para-hydroxylation sites is 1. The summed E-state index contributed by atoms with van der Waals surface area (Å²) in [6, 6.07) is 18.1. The van der Waals surface area contributed by atoms with E-state index in [4.69, 9.17) is 4.99 Å². The molecular weight excluding hydrogens is 309 g/mol. The zero-order chi connectivity index (χ0) is 15.6. The minimum atomic E-state index is -0.264. The predicted molar refractivity (Wildman–Crippen MR) is 92.1 cm³/mol. The molecule has 1 aliphatic rings. The number of benzene rings is 2. The zero-order valence-electron chi connectivity index (χ0n) is 12.0. The minimum absolute atomic E-state index is 0.264. The third-order valence-electron chi connectivity index (χ3n) is 3.54. The predicted octanol–water partition coefficient (Wildman–Crippen LogP) is 4.32. The molecular formula is C18H12FN3S. The summed E-state index contributed by atoms with van der Waals surface area (Å²) in [5.74, 6) is 0.448. The van der Waals surface area contributed by atoms with Gasteiger partial charge in [-0.2, -0.15) is 5.10 Å². The Morgan fingerprint density at radius 1 is 0.913 bits per heavy atom. The van der Waals surface area contributed by atoms with E-state index in [-0.39, 0.29) is 5.82 Å². The van der Waals surface area contributed by atoms with Crippen LogP contribution in [0.25, 0.3) is 0 Å². The largest absolute Gasteiger partial charge is 0.260 e. The third-order valence-corrected chi connectivity index (χ3v) is 4.41. The van der Waals surface area contributed by atoms with Gasteiger partial charge < -0.3 is 0 Å². The molecule has 3 nitrogen and oxygen atoms in total. The fourth-order valence-electron chi connectivity index (χ4n) is 2.44. The van der Waals surface area contributed by atoms with Crippen molar-refractivity contribution in [3.63, 3.8) is 0 Å². The minimum Gasteiger partial charge on any atom is -0.260 e.